The van der Waals surface area contributed by atoms with E-state index in [-0.39, 0.29) is 0 Å². The molecule has 11 heavy (non-hydrogen) atoms. The number of hydrogen-bond donors (Lipinski definition) is 0. The van der Waals surface area contributed by atoms with Crippen LogP contribution < -0.4 is 0 Å². The van der Waals surface area contributed by atoms with Crippen molar-refractivity contribution in [1.29, 1.82) is 0 Å². The number of carbonyl (C=O) groups excluding carboxylic acids is 1. The van der Waals surface area contributed by atoms with E-state index in [1.807, 2.05) is 5.38 Å². The number of hydrogen-bond acceptors (Lipinski definition) is 3. The second-order valence-corrected chi connectivity index (χ2v) is 4.11. The van der Waals surface area contributed by atoms with E-state index < -0.39 is 0 Å². The molecule has 0 spiro atoms. The zero-order chi connectivity index (χ0) is 7.90. The number of rotatable bonds is 2. The van der Waals surface area contributed by atoms with Gasteiger partial charge in [0.1, 0.15) is 5.69 Å². The summed E-state index contributed by atoms with van der Waals surface area (Å²) >= 11 is 1.60. The smallest absolute Gasteiger partial charge is 0.169 e. The summed E-state index contributed by atoms with van der Waals surface area (Å²) in [7, 11) is 0. The summed E-state index contributed by atoms with van der Waals surface area (Å²) in [5, 5.41) is 2.95. The van der Waals surface area contributed by atoms with Crippen LogP contribution in [0.3, 0.4) is 0 Å². The van der Waals surface area contributed by atoms with Crippen LogP contribution in [-0.2, 0) is 5.41 Å². The van der Waals surface area contributed by atoms with Crippen molar-refractivity contribution < 1.29 is 4.79 Å². The molecule has 58 valence electrons. The summed E-state index contributed by atoms with van der Waals surface area (Å²) in [6.45, 7) is 2.19. The number of nitrogens with zero attached hydrogens (tertiary/aromatic N) is 1. The van der Waals surface area contributed by atoms with Crippen LogP contribution in [0.15, 0.2) is 5.38 Å². The molecule has 0 N–H and O–H groups in total. The minimum atomic E-state index is 0.311. The summed E-state index contributed by atoms with van der Waals surface area (Å²) in [5.74, 6) is 0. The van der Waals surface area contributed by atoms with E-state index in [4.69, 9.17) is 0 Å². The summed E-state index contributed by atoms with van der Waals surface area (Å²) in [6, 6.07) is 0. The topological polar surface area (TPSA) is 30.0 Å². The Morgan fingerprint density at radius 2 is 2.45 bits per heavy atom. The Bertz CT molecular complexity index is 288. The van der Waals surface area contributed by atoms with E-state index in [9.17, 15) is 4.79 Å². The lowest BCUT2D eigenvalue weighted by atomic mass is 10.2. The van der Waals surface area contributed by atoms with Crippen LogP contribution in [0.5, 0.6) is 0 Å². The van der Waals surface area contributed by atoms with Gasteiger partial charge in [0.15, 0.2) is 6.29 Å². The van der Waals surface area contributed by atoms with E-state index in [2.05, 4.69) is 11.9 Å². The maximum Gasteiger partial charge on any atom is 0.169 e. The van der Waals surface area contributed by atoms with Gasteiger partial charge >= 0.3 is 0 Å². The third-order valence-electron chi connectivity index (χ3n) is 2.16. The zero-order valence-corrected chi connectivity index (χ0v) is 7.15. The van der Waals surface area contributed by atoms with Crippen molar-refractivity contribution in [3.05, 3.63) is 16.1 Å². The summed E-state index contributed by atoms with van der Waals surface area (Å²) in [6.07, 6.45) is 3.25. The van der Waals surface area contributed by atoms with Gasteiger partial charge in [-0.05, 0) is 12.8 Å². The van der Waals surface area contributed by atoms with Gasteiger partial charge in [-0.25, -0.2) is 4.98 Å². The predicted octanol–water partition coefficient (Wildman–Crippen LogP) is 2.01. The molecule has 1 aromatic rings. The average Bonchev–Trinajstić information content (AvgIpc) is 2.61. The molecule has 2 rings (SSSR count). The third kappa shape index (κ3) is 1.09. The molecule has 1 heterocycles. The van der Waals surface area contributed by atoms with E-state index in [0.717, 1.165) is 11.3 Å². The molecule has 1 aliphatic carbocycles. The molecule has 0 atom stereocenters. The van der Waals surface area contributed by atoms with E-state index in [0.29, 0.717) is 11.1 Å². The molecule has 1 saturated carbocycles. The van der Waals surface area contributed by atoms with E-state index >= 15 is 0 Å². The van der Waals surface area contributed by atoms with Crippen LogP contribution >= 0.6 is 11.3 Å². The number of carbonyl (C=O) groups is 1. The van der Waals surface area contributed by atoms with E-state index in [1.54, 1.807) is 11.3 Å². The third-order valence-corrected chi connectivity index (χ3v) is 3.33. The van der Waals surface area contributed by atoms with Crippen LogP contribution in [0.2, 0.25) is 0 Å². The van der Waals surface area contributed by atoms with Gasteiger partial charge in [-0.1, -0.05) is 6.92 Å². The zero-order valence-electron chi connectivity index (χ0n) is 6.33. The largest absolute Gasteiger partial charge is 0.296 e. The van der Waals surface area contributed by atoms with Crippen LogP contribution in [0.25, 0.3) is 0 Å². The maximum absolute atomic E-state index is 10.3. The van der Waals surface area contributed by atoms with Gasteiger partial charge in [-0.2, -0.15) is 0 Å². The minimum absolute atomic E-state index is 0.311. The first kappa shape index (κ1) is 6.98. The first-order valence-electron chi connectivity index (χ1n) is 3.66. The van der Waals surface area contributed by atoms with Gasteiger partial charge in [-0.15, -0.1) is 11.3 Å². The fourth-order valence-corrected chi connectivity index (χ4v) is 2.01. The van der Waals surface area contributed by atoms with Crippen molar-refractivity contribution in [2.75, 3.05) is 0 Å². The first-order valence-corrected chi connectivity index (χ1v) is 4.54. The van der Waals surface area contributed by atoms with Gasteiger partial charge in [0.05, 0.1) is 5.01 Å². The van der Waals surface area contributed by atoms with Gasteiger partial charge in [0, 0.05) is 10.8 Å². The van der Waals surface area contributed by atoms with Crippen LogP contribution in [0, 0.1) is 0 Å². The Labute approximate surface area is 69.3 Å². The molecule has 0 saturated heterocycles. The molecular weight excluding hydrogens is 158 g/mol. The quantitative estimate of drug-likeness (QED) is 0.631. The molecule has 2 nitrogen and oxygen atoms in total. The molecule has 0 aromatic carbocycles. The van der Waals surface area contributed by atoms with Gasteiger partial charge in [0.25, 0.3) is 0 Å². The van der Waals surface area contributed by atoms with Gasteiger partial charge in [-0.3, -0.25) is 4.79 Å². The lowest BCUT2D eigenvalue weighted by Crippen LogP contribution is -1.98. The maximum atomic E-state index is 10.3. The highest BCUT2D eigenvalue weighted by Gasteiger charge is 2.41. The Balaban J connectivity index is 2.32. The average molecular weight is 167 g/mol. The highest BCUT2D eigenvalue weighted by molar-refractivity contribution is 7.10. The van der Waals surface area contributed by atoms with E-state index in [1.165, 1.54) is 12.8 Å². The van der Waals surface area contributed by atoms with Crippen LogP contribution in [-0.4, -0.2) is 11.3 Å². The number of aldehydes is 1. The van der Waals surface area contributed by atoms with Crippen LogP contribution in [0.1, 0.15) is 35.3 Å². The summed E-state index contributed by atoms with van der Waals surface area (Å²) < 4.78 is 0. The summed E-state index contributed by atoms with van der Waals surface area (Å²) in [5.41, 5.74) is 0.893. The SMILES string of the molecule is CC1(c2nc(C=O)cs2)CC1. The lowest BCUT2D eigenvalue weighted by molar-refractivity contribution is 0.111. The molecule has 1 fully saturated rings. The van der Waals surface area contributed by atoms with Crippen molar-refractivity contribution in [2.24, 2.45) is 0 Å². The van der Waals surface area contributed by atoms with Crippen LogP contribution in [0.4, 0.5) is 0 Å². The van der Waals surface area contributed by atoms with Crippen molar-refractivity contribution >= 4 is 17.6 Å². The monoisotopic (exact) mass is 167 g/mol. The molecule has 1 aromatic heterocycles. The molecule has 0 radical (unpaired) electrons. The minimum Gasteiger partial charge on any atom is -0.296 e. The van der Waals surface area contributed by atoms with Gasteiger partial charge in [0.2, 0.25) is 0 Å². The fourth-order valence-electron chi connectivity index (χ4n) is 1.02. The number of aromatic nitrogens is 1. The first-order chi connectivity index (χ1) is 5.24. The van der Waals surface area contributed by atoms with Gasteiger partial charge < -0.3 is 0 Å². The predicted molar refractivity (Wildman–Crippen MR) is 44.1 cm³/mol. The van der Waals surface area contributed by atoms with Crippen molar-refractivity contribution in [2.45, 2.75) is 25.2 Å². The molecule has 0 unspecified atom stereocenters. The highest BCUT2D eigenvalue weighted by Crippen LogP contribution is 2.48. The lowest BCUT2D eigenvalue weighted by Gasteiger charge is -1.99. The molecule has 0 aliphatic heterocycles. The Kier molecular flexibility index (Phi) is 1.36. The molecule has 0 bridgehead atoms. The second kappa shape index (κ2) is 2.14. The molecule has 3 heteroatoms. The number of thiazole rings is 1. The molecule has 0 amide bonds. The Morgan fingerprint density at radius 1 is 1.73 bits per heavy atom. The van der Waals surface area contributed by atoms with Crippen molar-refractivity contribution in [3.63, 3.8) is 0 Å². The normalized spacial score (nSPS) is 19.7. The second-order valence-electron chi connectivity index (χ2n) is 3.26. The van der Waals surface area contributed by atoms with Crippen molar-refractivity contribution in [1.82, 2.24) is 4.98 Å². The molecular formula is C8H9NOS. The molecule has 1 aliphatic rings. The summed E-state index contributed by atoms with van der Waals surface area (Å²) in [4.78, 5) is 14.5. The highest BCUT2D eigenvalue weighted by atomic mass is 32.1. The fraction of sp³-hybridized carbons (Fsp3) is 0.500. The standard InChI is InChI=1S/C8H9NOS/c1-8(2-3-8)7-9-6(4-10)5-11-7/h4-5H,2-3H2,1H3. The Hall–Kier alpha value is -0.700. The Morgan fingerprint density at radius 3 is 2.91 bits per heavy atom. The van der Waals surface area contributed by atoms with Crippen molar-refractivity contribution in [3.8, 4) is 0 Å².